The van der Waals surface area contributed by atoms with Gasteiger partial charge in [0.15, 0.2) is 0 Å². The lowest BCUT2D eigenvalue weighted by Crippen LogP contribution is -2.28. The van der Waals surface area contributed by atoms with Gasteiger partial charge in [-0.25, -0.2) is 4.79 Å². The van der Waals surface area contributed by atoms with Crippen molar-refractivity contribution in [2.75, 3.05) is 19.7 Å². The Morgan fingerprint density at radius 3 is 2.26 bits per heavy atom. The van der Waals surface area contributed by atoms with Crippen molar-refractivity contribution in [3.8, 4) is 11.5 Å². The zero-order valence-electron chi connectivity index (χ0n) is 17.8. The molecule has 2 N–H and O–H groups in total. The summed E-state index contributed by atoms with van der Waals surface area (Å²) in [6.45, 7) is 3.10. The van der Waals surface area contributed by atoms with Gasteiger partial charge in [0.1, 0.15) is 18.1 Å². The van der Waals surface area contributed by atoms with Gasteiger partial charge in [-0.05, 0) is 48.5 Å². The monoisotopic (exact) mass is 579 g/mol. The van der Waals surface area contributed by atoms with Crippen LogP contribution in [0.4, 0.5) is 0 Å². The molecule has 0 bridgehead atoms. The summed E-state index contributed by atoms with van der Waals surface area (Å²) < 4.78 is 75.9. The average Bonchev–Trinajstić information content (AvgIpc) is 2.72. The molecule has 0 aliphatic heterocycles. The molecule has 0 fully saturated rings. The average molecular weight is 580 g/mol. The van der Waals surface area contributed by atoms with Crippen LogP contribution in [0.3, 0.4) is 0 Å². The van der Waals surface area contributed by atoms with Crippen LogP contribution in [0.5, 0.6) is 11.5 Å². The Morgan fingerprint density at radius 2 is 1.68 bits per heavy atom. The lowest BCUT2D eigenvalue weighted by molar-refractivity contribution is -0.138. The summed E-state index contributed by atoms with van der Waals surface area (Å²) in [6, 6.07) is 10.2. The molecule has 0 aromatic heterocycles. The molecule has 0 spiro atoms. The molecule has 34 heavy (non-hydrogen) atoms. The highest BCUT2D eigenvalue weighted by Gasteiger charge is 2.15. The maximum atomic E-state index is 12.0. The van der Waals surface area contributed by atoms with Crippen molar-refractivity contribution in [3.05, 3.63) is 64.1 Å². The number of nitrogens with zero attached hydrogens (tertiary/aromatic N) is 1. The molecule has 2 aromatic rings. The highest BCUT2D eigenvalue weighted by Crippen LogP contribution is 2.25. The quantitative estimate of drug-likeness (QED) is 0.216. The SMILES string of the molecule is CCN(CCOC(=O)C=Cc1ccc(OS(=O)(=O)O)cc1)Cc1cc(Br)ccc1OS(=O)(=O)O. The highest BCUT2D eigenvalue weighted by atomic mass is 79.9. The summed E-state index contributed by atoms with van der Waals surface area (Å²) in [4.78, 5) is 13.8. The second-order valence-electron chi connectivity index (χ2n) is 6.71. The Balaban J connectivity index is 1.89. The zero-order valence-corrected chi connectivity index (χ0v) is 21.0. The summed E-state index contributed by atoms with van der Waals surface area (Å²) >= 11 is 3.30. The number of ether oxygens (including phenoxy) is 1. The Hall–Kier alpha value is -2.49. The van der Waals surface area contributed by atoms with Crippen LogP contribution in [0.1, 0.15) is 18.1 Å². The molecule has 0 radical (unpaired) electrons. The molecule has 186 valence electrons. The molecule has 0 aliphatic rings. The van der Waals surface area contributed by atoms with E-state index in [2.05, 4.69) is 24.3 Å². The molecule has 2 rings (SSSR count). The van der Waals surface area contributed by atoms with Crippen molar-refractivity contribution in [1.82, 2.24) is 4.90 Å². The van der Waals surface area contributed by atoms with E-state index in [4.69, 9.17) is 13.8 Å². The molecule has 0 aliphatic carbocycles. The van der Waals surface area contributed by atoms with Gasteiger partial charge < -0.3 is 13.1 Å². The zero-order chi connectivity index (χ0) is 25.4. The number of hydrogen-bond acceptors (Lipinski definition) is 9. The fourth-order valence-corrected chi connectivity index (χ4v) is 3.85. The van der Waals surface area contributed by atoms with E-state index in [0.717, 1.165) is 0 Å². The molecule has 2 aromatic carbocycles. The smallest absolute Gasteiger partial charge is 0.446 e. The van der Waals surface area contributed by atoms with Gasteiger partial charge in [0, 0.05) is 29.2 Å². The normalized spacial score (nSPS) is 12.1. The summed E-state index contributed by atoms with van der Waals surface area (Å²) in [5.41, 5.74) is 1.07. The summed E-state index contributed by atoms with van der Waals surface area (Å²) in [7, 11) is -9.29. The van der Waals surface area contributed by atoms with Crippen LogP contribution in [0.25, 0.3) is 6.08 Å². The number of benzene rings is 2. The van der Waals surface area contributed by atoms with Gasteiger partial charge in [0.05, 0.1) is 0 Å². The van der Waals surface area contributed by atoms with Gasteiger partial charge in [0.25, 0.3) is 0 Å². The van der Waals surface area contributed by atoms with E-state index in [-0.39, 0.29) is 24.7 Å². The molecule has 0 atom stereocenters. The van der Waals surface area contributed by atoms with Gasteiger partial charge in [-0.2, -0.15) is 16.8 Å². The Bertz CT molecular complexity index is 1230. The number of esters is 1. The van der Waals surface area contributed by atoms with Crippen molar-refractivity contribution in [1.29, 1.82) is 0 Å². The van der Waals surface area contributed by atoms with Crippen LogP contribution < -0.4 is 8.37 Å². The molecular weight excluding hydrogens is 558 g/mol. The fraction of sp³-hybridized carbons (Fsp3) is 0.250. The number of carbonyl (C=O) groups is 1. The summed E-state index contributed by atoms with van der Waals surface area (Å²) in [5.74, 6) is -0.707. The first-order chi connectivity index (χ1) is 15.8. The van der Waals surface area contributed by atoms with Crippen molar-refractivity contribution in [2.24, 2.45) is 0 Å². The molecule has 0 saturated heterocycles. The van der Waals surface area contributed by atoms with Crippen LogP contribution >= 0.6 is 15.9 Å². The Kier molecular flexibility index (Phi) is 10.0. The van der Waals surface area contributed by atoms with Crippen LogP contribution in [0.15, 0.2) is 53.0 Å². The second kappa shape index (κ2) is 12.3. The van der Waals surface area contributed by atoms with Gasteiger partial charge >= 0.3 is 26.8 Å². The van der Waals surface area contributed by atoms with Crippen LogP contribution in [-0.4, -0.2) is 56.5 Å². The number of likely N-dealkylation sites (N-methyl/N-ethyl adjacent to an activating group) is 1. The van der Waals surface area contributed by atoms with E-state index < -0.39 is 26.8 Å². The van der Waals surface area contributed by atoms with Gasteiger partial charge in [0.2, 0.25) is 0 Å². The molecular formula is C20H22BrNO10S2. The lowest BCUT2D eigenvalue weighted by Gasteiger charge is -2.21. The minimum Gasteiger partial charge on any atom is -0.461 e. The maximum Gasteiger partial charge on any atom is 0.446 e. The summed E-state index contributed by atoms with van der Waals surface area (Å²) in [5, 5.41) is 0. The van der Waals surface area contributed by atoms with Gasteiger partial charge in [-0.1, -0.05) is 35.0 Å². The van der Waals surface area contributed by atoms with E-state index in [1.165, 1.54) is 42.5 Å². The molecule has 0 amide bonds. The van der Waals surface area contributed by atoms with E-state index in [0.29, 0.717) is 28.7 Å². The first-order valence-electron chi connectivity index (χ1n) is 9.64. The van der Waals surface area contributed by atoms with E-state index in [1.54, 1.807) is 12.1 Å². The third-order valence-electron chi connectivity index (χ3n) is 4.20. The number of hydrogen-bond donors (Lipinski definition) is 2. The predicted octanol–water partition coefficient (Wildman–Crippen LogP) is 2.89. The van der Waals surface area contributed by atoms with Gasteiger partial charge in [-0.15, -0.1) is 0 Å². The van der Waals surface area contributed by atoms with E-state index in [1.807, 2.05) is 11.8 Å². The molecule has 0 saturated carbocycles. The number of halogens is 1. The fourth-order valence-electron chi connectivity index (χ4n) is 2.70. The molecule has 14 heteroatoms. The molecule has 0 unspecified atom stereocenters. The second-order valence-corrected chi connectivity index (χ2v) is 9.67. The van der Waals surface area contributed by atoms with Crippen molar-refractivity contribution in [2.45, 2.75) is 13.5 Å². The lowest BCUT2D eigenvalue weighted by atomic mass is 10.2. The third-order valence-corrected chi connectivity index (χ3v) is 5.49. The number of rotatable bonds is 12. The molecule has 11 nitrogen and oxygen atoms in total. The minimum atomic E-state index is -4.68. The first kappa shape index (κ1) is 27.8. The Morgan fingerprint density at radius 1 is 1.03 bits per heavy atom. The van der Waals surface area contributed by atoms with Gasteiger partial charge in [-0.3, -0.25) is 14.0 Å². The van der Waals surface area contributed by atoms with E-state index >= 15 is 0 Å². The van der Waals surface area contributed by atoms with E-state index in [9.17, 15) is 21.6 Å². The maximum absolute atomic E-state index is 12.0. The van der Waals surface area contributed by atoms with Crippen LogP contribution in [0, 0.1) is 0 Å². The third kappa shape index (κ3) is 10.6. The van der Waals surface area contributed by atoms with Crippen molar-refractivity contribution < 1.29 is 43.8 Å². The number of carbonyl (C=O) groups excluding carboxylic acids is 1. The Labute approximate surface area is 206 Å². The molecule has 0 heterocycles. The largest absolute Gasteiger partial charge is 0.461 e. The summed E-state index contributed by atoms with van der Waals surface area (Å²) in [6.07, 6.45) is 2.65. The first-order valence-corrected chi connectivity index (χ1v) is 13.2. The standard InChI is InChI=1S/C20H22BrNO10S2/c1-2-22(14-16-13-17(21)6-9-19(16)32-34(27,28)29)11-12-30-20(23)10-5-15-3-7-18(8-4-15)31-33(24,25)26/h3-10,13H,2,11-12,14H2,1H3,(H,24,25,26)(H,27,28,29). The van der Waals surface area contributed by atoms with Crippen molar-refractivity contribution in [3.63, 3.8) is 0 Å². The van der Waals surface area contributed by atoms with Crippen LogP contribution in [0.2, 0.25) is 0 Å². The van der Waals surface area contributed by atoms with Crippen molar-refractivity contribution >= 4 is 48.8 Å². The predicted molar refractivity (Wildman–Crippen MR) is 126 cm³/mol. The highest BCUT2D eigenvalue weighted by molar-refractivity contribution is 9.10. The minimum absolute atomic E-state index is 0.0166. The topological polar surface area (TPSA) is 157 Å². The van der Waals surface area contributed by atoms with Crippen LogP contribution in [-0.2, 0) is 36.9 Å².